The minimum absolute atomic E-state index is 0.224. The monoisotopic (exact) mass is 433 g/mol. The van der Waals surface area contributed by atoms with Crippen LogP contribution in [0.15, 0.2) is 53.2 Å². The van der Waals surface area contributed by atoms with Crippen LogP contribution in [0.4, 0.5) is 5.82 Å². The van der Waals surface area contributed by atoms with Gasteiger partial charge in [0.05, 0.1) is 5.41 Å². The highest BCUT2D eigenvalue weighted by atomic mass is 16.5. The van der Waals surface area contributed by atoms with Crippen LogP contribution >= 0.6 is 0 Å². The van der Waals surface area contributed by atoms with Crippen molar-refractivity contribution in [2.75, 3.05) is 44.3 Å². The lowest BCUT2D eigenvalue weighted by molar-refractivity contribution is -0.141. The van der Waals surface area contributed by atoms with Crippen molar-refractivity contribution in [3.8, 4) is 11.4 Å². The van der Waals surface area contributed by atoms with E-state index in [-0.39, 0.29) is 5.91 Å². The number of anilines is 1. The number of ether oxygens (including phenoxy) is 1. The van der Waals surface area contributed by atoms with E-state index in [4.69, 9.17) is 9.26 Å². The van der Waals surface area contributed by atoms with E-state index in [2.05, 4.69) is 32.2 Å². The largest absolute Gasteiger partial charge is 0.381 e. The second-order valence-corrected chi connectivity index (χ2v) is 8.38. The van der Waals surface area contributed by atoms with Crippen molar-refractivity contribution >= 4 is 11.7 Å². The maximum Gasteiger partial charge on any atom is 0.233 e. The molecule has 0 aliphatic carbocycles. The van der Waals surface area contributed by atoms with Crippen LogP contribution in [0.1, 0.15) is 24.3 Å². The molecular formula is C24H27N5O3. The number of aromatic nitrogens is 3. The Bertz CT molecular complexity index is 1050. The van der Waals surface area contributed by atoms with Gasteiger partial charge in [-0.3, -0.25) is 4.79 Å². The van der Waals surface area contributed by atoms with Gasteiger partial charge in [0.2, 0.25) is 17.6 Å². The molecule has 0 atom stereocenters. The number of amides is 1. The van der Waals surface area contributed by atoms with Gasteiger partial charge in [-0.05, 0) is 30.5 Å². The number of hydrogen-bond donors (Lipinski definition) is 0. The summed E-state index contributed by atoms with van der Waals surface area (Å²) in [5, 5.41) is 3.94. The smallest absolute Gasteiger partial charge is 0.233 e. The molecule has 166 valence electrons. The number of hydrogen-bond acceptors (Lipinski definition) is 7. The Morgan fingerprint density at radius 2 is 1.75 bits per heavy atom. The van der Waals surface area contributed by atoms with Crippen LogP contribution in [-0.4, -0.2) is 65.3 Å². The molecule has 2 aromatic heterocycles. The second-order valence-electron chi connectivity index (χ2n) is 8.38. The number of rotatable bonds is 4. The maximum absolute atomic E-state index is 13.7. The van der Waals surface area contributed by atoms with Crippen LogP contribution in [-0.2, 0) is 14.9 Å². The lowest BCUT2D eigenvalue weighted by atomic mass is 9.73. The van der Waals surface area contributed by atoms with Gasteiger partial charge < -0.3 is 19.1 Å². The number of pyridine rings is 1. The second kappa shape index (κ2) is 8.70. The van der Waals surface area contributed by atoms with E-state index in [1.807, 2.05) is 35.2 Å². The Morgan fingerprint density at radius 3 is 2.38 bits per heavy atom. The van der Waals surface area contributed by atoms with Crippen molar-refractivity contribution in [2.45, 2.75) is 25.2 Å². The third kappa shape index (κ3) is 3.86. The predicted molar refractivity (Wildman–Crippen MR) is 119 cm³/mol. The summed E-state index contributed by atoms with van der Waals surface area (Å²) in [7, 11) is 0. The van der Waals surface area contributed by atoms with Crippen molar-refractivity contribution in [3.05, 3.63) is 60.1 Å². The maximum atomic E-state index is 13.7. The number of carbonyl (C=O) groups is 1. The molecule has 2 fully saturated rings. The van der Waals surface area contributed by atoms with E-state index in [0.717, 1.165) is 42.9 Å². The lowest BCUT2D eigenvalue weighted by Gasteiger charge is -2.43. The molecule has 0 radical (unpaired) electrons. The fraction of sp³-hybridized carbons (Fsp3) is 0.417. The van der Waals surface area contributed by atoms with Gasteiger partial charge >= 0.3 is 0 Å². The standard InChI is InChI=1S/C24H27N5O3/c1-18-26-22(27-32-18)19-7-8-21(25-17-19)28-11-13-29(14-12-28)23(30)24(9-15-31-16-10-24)20-5-3-2-4-6-20/h2-8,17H,9-16H2,1H3. The molecule has 5 rings (SSSR count). The fourth-order valence-electron chi connectivity index (χ4n) is 4.67. The summed E-state index contributed by atoms with van der Waals surface area (Å²) in [6.45, 7) is 5.87. The third-order valence-electron chi connectivity index (χ3n) is 6.51. The van der Waals surface area contributed by atoms with Crippen LogP contribution < -0.4 is 4.90 Å². The Morgan fingerprint density at radius 1 is 1.00 bits per heavy atom. The Balaban J connectivity index is 1.27. The number of aryl methyl sites for hydroxylation is 1. The van der Waals surface area contributed by atoms with E-state index in [1.54, 1.807) is 13.1 Å². The normalized spacial score (nSPS) is 18.5. The molecule has 0 bridgehead atoms. The summed E-state index contributed by atoms with van der Waals surface area (Å²) in [6.07, 6.45) is 3.23. The third-order valence-corrected chi connectivity index (χ3v) is 6.51. The lowest BCUT2D eigenvalue weighted by Crippen LogP contribution is -2.56. The number of nitrogens with zero attached hydrogens (tertiary/aromatic N) is 5. The quantitative estimate of drug-likeness (QED) is 0.625. The summed E-state index contributed by atoms with van der Waals surface area (Å²) in [6, 6.07) is 14.1. The van der Waals surface area contributed by atoms with Crippen molar-refractivity contribution in [3.63, 3.8) is 0 Å². The molecule has 32 heavy (non-hydrogen) atoms. The molecule has 2 aliphatic heterocycles. The van der Waals surface area contributed by atoms with Crippen LogP contribution in [0, 0.1) is 6.92 Å². The molecular weight excluding hydrogens is 406 g/mol. The topological polar surface area (TPSA) is 84.6 Å². The summed E-state index contributed by atoms with van der Waals surface area (Å²) >= 11 is 0. The van der Waals surface area contributed by atoms with E-state index >= 15 is 0 Å². The van der Waals surface area contributed by atoms with Gasteiger partial charge in [-0.2, -0.15) is 4.98 Å². The minimum atomic E-state index is -0.482. The van der Waals surface area contributed by atoms with E-state index in [0.29, 0.717) is 38.0 Å². The SMILES string of the molecule is Cc1nc(-c2ccc(N3CCN(C(=O)C4(c5ccccc5)CCOCC4)CC3)nc2)no1. The summed E-state index contributed by atoms with van der Waals surface area (Å²) in [4.78, 5) is 26.8. The van der Waals surface area contributed by atoms with Crippen LogP contribution in [0.25, 0.3) is 11.4 Å². The molecule has 4 heterocycles. The van der Waals surface area contributed by atoms with Gasteiger partial charge in [-0.15, -0.1) is 0 Å². The first-order valence-corrected chi connectivity index (χ1v) is 11.1. The first-order chi connectivity index (χ1) is 15.7. The Kier molecular flexibility index (Phi) is 5.61. The molecule has 1 amide bonds. The van der Waals surface area contributed by atoms with Crippen molar-refractivity contribution < 1.29 is 14.1 Å². The Hall–Kier alpha value is -3.26. The number of carbonyl (C=O) groups excluding carboxylic acids is 1. The van der Waals surface area contributed by atoms with Gasteiger partial charge in [0.1, 0.15) is 5.82 Å². The number of piperazine rings is 1. The fourth-order valence-corrected chi connectivity index (χ4v) is 4.67. The summed E-state index contributed by atoms with van der Waals surface area (Å²) in [5.41, 5.74) is 1.44. The molecule has 8 nitrogen and oxygen atoms in total. The van der Waals surface area contributed by atoms with E-state index < -0.39 is 5.41 Å². The molecule has 0 N–H and O–H groups in total. The molecule has 8 heteroatoms. The summed E-state index contributed by atoms with van der Waals surface area (Å²) < 4.78 is 10.6. The van der Waals surface area contributed by atoms with Gasteiger partial charge in [0.25, 0.3) is 0 Å². The van der Waals surface area contributed by atoms with Crippen LogP contribution in [0.5, 0.6) is 0 Å². The van der Waals surface area contributed by atoms with E-state index in [1.165, 1.54) is 0 Å². The predicted octanol–water partition coefficient (Wildman–Crippen LogP) is 2.84. The molecule has 2 saturated heterocycles. The molecule has 2 aliphatic rings. The van der Waals surface area contributed by atoms with Gasteiger partial charge in [0, 0.05) is 58.1 Å². The average molecular weight is 434 g/mol. The number of benzene rings is 1. The van der Waals surface area contributed by atoms with Gasteiger partial charge in [-0.25, -0.2) is 4.98 Å². The van der Waals surface area contributed by atoms with Crippen LogP contribution in [0.2, 0.25) is 0 Å². The molecule has 1 aromatic carbocycles. The molecule has 0 unspecified atom stereocenters. The highest BCUT2D eigenvalue weighted by molar-refractivity contribution is 5.88. The van der Waals surface area contributed by atoms with Gasteiger partial charge in [0.15, 0.2) is 0 Å². The first-order valence-electron chi connectivity index (χ1n) is 11.1. The molecule has 3 aromatic rings. The zero-order chi connectivity index (χ0) is 22.0. The summed E-state index contributed by atoms with van der Waals surface area (Å²) in [5.74, 6) is 2.19. The molecule has 0 saturated carbocycles. The average Bonchev–Trinajstić information content (AvgIpc) is 3.31. The Labute approximate surface area is 187 Å². The molecule has 0 spiro atoms. The highest BCUT2D eigenvalue weighted by Crippen LogP contribution is 2.37. The first kappa shape index (κ1) is 20.6. The highest BCUT2D eigenvalue weighted by Gasteiger charge is 2.44. The van der Waals surface area contributed by atoms with Gasteiger partial charge in [-0.1, -0.05) is 35.5 Å². The van der Waals surface area contributed by atoms with E-state index in [9.17, 15) is 4.79 Å². The minimum Gasteiger partial charge on any atom is -0.381 e. The van der Waals surface area contributed by atoms with Crippen LogP contribution in [0.3, 0.4) is 0 Å². The zero-order valence-corrected chi connectivity index (χ0v) is 18.2. The van der Waals surface area contributed by atoms with Crippen molar-refractivity contribution in [1.82, 2.24) is 20.0 Å². The van der Waals surface area contributed by atoms with Crippen molar-refractivity contribution in [2.24, 2.45) is 0 Å². The van der Waals surface area contributed by atoms with Crippen molar-refractivity contribution in [1.29, 1.82) is 0 Å². The zero-order valence-electron chi connectivity index (χ0n) is 18.2.